The van der Waals surface area contributed by atoms with Gasteiger partial charge >= 0.3 is 0 Å². The lowest BCUT2D eigenvalue weighted by molar-refractivity contribution is -0.00250. The number of nitrogens with zero attached hydrogens (tertiary/aromatic N) is 3. The summed E-state index contributed by atoms with van der Waals surface area (Å²) in [6, 6.07) is 0.127. The van der Waals surface area contributed by atoms with Crippen molar-refractivity contribution < 1.29 is 9.84 Å². The molecule has 1 aromatic heterocycles. The average Bonchev–Trinajstić information content (AvgIpc) is 2.79. The van der Waals surface area contributed by atoms with Gasteiger partial charge in [0.25, 0.3) is 0 Å². The Morgan fingerprint density at radius 2 is 2.38 bits per heavy atom. The smallest absolute Gasteiger partial charge is 0.106 e. The van der Waals surface area contributed by atoms with E-state index in [-0.39, 0.29) is 6.04 Å². The number of rotatable bonds is 6. The van der Waals surface area contributed by atoms with E-state index in [0.29, 0.717) is 30.3 Å². The lowest BCUT2D eigenvalue weighted by atomic mass is 9.93. The molecule has 21 heavy (non-hydrogen) atoms. The van der Waals surface area contributed by atoms with Crippen LogP contribution in [0, 0.1) is 0 Å². The van der Waals surface area contributed by atoms with Crippen LogP contribution < -0.4 is 5.32 Å². The van der Waals surface area contributed by atoms with Crippen LogP contribution in [0.4, 0.5) is 0 Å². The molecule has 0 saturated carbocycles. The molecule has 2 atom stereocenters. The van der Waals surface area contributed by atoms with Crippen molar-refractivity contribution in [2.45, 2.75) is 31.5 Å². The van der Waals surface area contributed by atoms with E-state index in [1.54, 1.807) is 17.8 Å². The topological polar surface area (TPSA) is 62.6 Å². The third kappa shape index (κ3) is 4.40. The number of aliphatic hydroxyl groups is 1. The molecule has 7 heteroatoms. The molecular weight excluding hydrogens is 292 g/mol. The van der Waals surface area contributed by atoms with Crippen molar-refractivity contribution in [3.8, 4) is 0 Å². The zero-order valence-corrected chi connectivity index (χ0v) is 13.7. The highest BCUT2D eigenvalue weighted by Crippen LogP contribution is 2.32. The maximum absolute atomic E-state index is 10.9. The molecule has 2 heterocycles. The number of aromatic nitrogens is 2. The molecule has 0 radical (unpaired) electrons. The summed E-state index contributed by atoms with van der Waals surface area (Å²) >= 11 is 6.25. The largest absolute Gasteiger partial charge is 0.384 e. The maximum atomic E-state index is 10.9. The lowest BCUT2D eigenvalue weighted by Crippen LogP contribution is -2.45. The van der Waals surface area contributed by atoms with Crippen molar-refractivity contribution in [1.82, 2.24) is 20.0 Å². The van der Waals surface area contributed by atoms with Gasteiger partial charge in [0, 0.05) is 19.1 Å². The Balaban J connectivity index is 2.11. The van der Waals surface area contributed by atoms with Gasteiger partial charge in [0.15, 0.2) is 0 Å². The molecular formula is C14H25ClN4O2. The van der Waals surface area contributed by atoms with Gasteiger partial charge in [0.2, 0.25) is 0 Å². The Labute approximate surface area is 131 Å². The number of halogens is 1. The molecule has 0 spiro atoms. The van der Waals surface area contributed by atoms with Crippen molar-refractivity contribution in [1.29, 1.82) is 0 Å². The zero-order valence-electron chi connectivity index (χ0n) is 13.0. The summed E-state index contributed by atoms with van der Waals surface area (Å²) in [6.07, 6.45) is 2.15. The van der Waals surface area contributed by atoms with Gasteiger partial charge in [-0.2, -0.15) is 5.10 Å². The van der Waals surface area contributed by atoms with Gasteiger partial charge in [-0.1, -0.05) is 11.6 Å². The Hall–Kier alpha value is -0.660. The van der Waals surface area contributed by atoms with Gasteiger partial charge < -0.3 is 20.1 Å². The molecule has 1 aliphatic heterocycles. The summed E-state index contributed by atoms with van der Waals surface area (Å²) in [5.74, 6) is 0. The van der Waals surface area contributed by atoms with Crippen LogP contribution in [0.25, 0.3) is 0 Å². The lowest BCUT2D eigenvalue weighted by Gasteiger charge is -2.32. The Morgan fingerprint density at radius 1 is 1.62 bits per heavy atom. The highest BCUT2D eigenvalue weighted by atomic mass is 35.5. The number of hydrogen-bond donors (Lipinski definition) is 2. The fourth-order valence-electron chi connectivity index (χ4n) is 2.69. The van der Waals surface area contributed by atoms with Gasteiger partial charge in [-0.05, 0) is 27.4 Å². The van der Waals surface area contributed by atoms with E-state index in [9.17, 15) is 5.11 Å². The van der Waals surface area contributed by atoms with Crippen LogP contribution in [-0.2, 0) is 16.9 Å². The minimum absolute atomic E-state index is 0.127. The fourth-order valence-corrected chi connectivity index (χ4v) is 3.03. The molecule has 0 bridgehead atoms. The summed E-state index contributed by atoms with van der Waals surface area (Å²) in [4.78, 5) is 2.07. The molecule has 0 aliphatic carbocycles. The Morgan fingerprint density at radius 3 is 3.00 bits per heavy atom. The van der Waals surface area contributed by atoms with Crippen molar-refractivity contribution in [3.05, 3.63) is 16.9 Å². The van der Waals surface area contributed by atoms with E-state index < -0.39 is 5.60 Å². The van der Waals surface area contributed by atoms with E-state index in [2.05, 4.69) is 15.3 Å². The fraction of sp³-hybridized carbons (Fsp3) is 0.786. The zero-order chi connectivity index (χ0) is 15.5. The molecule has 1 saturated heterocycles. The second-order valence-corrected chi connectivity index (χ2v) is 6.48. The second-order valence-electron chi connectivity index (χ2n) is 6.07. The van der Waals surface area contributed by atoms with Gasteiger partial charge in [-0.3, -0.25) is 4.68 Å². The number of morpholine rings is 1. The SMILES string of the molecule is CN(C)CCn1ncc(Cl)c1C(C)(O)CC1COCCN1. The van der Waals surface area contributed by atoms with Crippen molar-refractivity contribution in [2.24, 2.45) is 0 Å². The summed E-state index contributed by atoms with van der Waals surface area (Å²) in [6.45, 7) is 5.47. The number of nitrogens with one attached hydrogen (secondary N) is 1. The summed E-state index contributed by atoms with van der Waals surface area (Å²) < 4.78 is 7.25. The molecule has 2 unspecified atom stereocenters. The Kier molecular flexibility index (Phi) is 5.62. The van der Waals surface area contributed by atoms with Crippen LogP contribution in [-0.4, -0.2) is 66.2 Å². The van der Waals surface area contributed by atoms with E-state index in [1.807, 2.05) is 14.1 Å². The first kappa shape index (κ1) is 16.7. The molecule has 120 valence electrons. The van der Waals surface area contributed by atoms with Crippen LogP contribution in [0.2, 0.25) is 5.02 Å². The molecule has 0 amide bonds. The Bertz CT molecular complexity index is 456. The number of likely N-dealkylation sites (N-methyl/N-ethyl adjacent to an activating group) is 1. The van der Waals surface area contributed by atoms with Crippen LogP contribution in [0.5, 0.6) is 0 Å². The first-order valence-electron chi connectivity index (χ1n) is 7.30. The molecule has 1 fully saturated rings. The van der Waals surface area contributed by atoms with Gasteiger partial charge in [0.1, 0.15) is 5.60 Å². The minimum Gasteiger partial charge on any atom is -0.384 e. The molecule has 1 aliphatic rings. The first-order chi connectivity index (χ1) is 9.90. The van der Waals surface area contributed by atoms with Gasteiger partial charge in [0.05, 0.1) is 36.7 Å². The van der Waals surface area contributed by atoms with Crippen LogP contribution >= 0.6 is 11.6 Å². The quantitative estimate of drug-likeness (QED) is 0.808. The first-order valence-corrected chi connectivity index (χ1v) is 7.68. The average molecular weight is 317 g/mol. The van der Waals surface area contributed by atoms with E-state index in [0.717, 1.165) is 19.7 Å². The molecule has 2 N–H and O–H groups in total. The minimum atomic E-state index is -1.04. The molecule has 2 rings (SSSR count). The molecule has 0 aromatic carbocycles. The highest BCUT2D eigenvalue weighted by Gasteiger charge is 2.33. The third-order valence-electron chi connectivity index (χ3n) is 3.71. The maximum Gasteiger partial charge on any atom is 0.106 e. The monoisotopic (exact) mass is 316 g/mol. The van der Waals surface area contributed by atoms with Gasteiger partial charge in [-0.25, -0.2) is 0 Å². The van der Waals surface area contributed by atoms with Crippen molar-refractivity contribution in [3.63, 3.8) is 0 Å². The standard InChI is InChI=1S/C14H25ClN4O2/c1-14(20,8-11-10-21-7-4-16-11)13-12(15)9-17-19(13)6-5-18(2)3/h9,11,16,20H,4-8,10H2,1-3H3. The van der Waals surface area contributed by atoms with Crippen molar-refractivity contribution >= 4 is 11.6 Å². The van der Waals surface area contributed by atoms with Crippen LogP contribution in [0.15, 0.2) is 6.20 Å². The van der Waals surface area contributed by atoms with E-state index in [4.69, 9.17) is 16.3 Å². The predicted octanol–water partition coefficient (Wildman–Crippen LogP) is 0.684. The van der Waals surface area contributed by atoms with Gasteiger partial charge in [-0.15, -0.1) is 0 Å². The van der Waals surface area contributed by atoms with Crippen molar-refractivity contribution in [2.75, 3.05) is 40.4 Å². The summed E-state index contributed by atoms with van der Waals surface area (Å²) in [5, 5.41) is 19.1. The van der Waals surface area contributed by atoms with Crippen LogP contribution in [0.1, 0.15) is 19.0 Å². The third-order valence-corrected chi connectivity index (χ3v) is 3.98. The highest BCUT2D eigenvalue weighted by molar-refractivity contribution is 6.31. The molecule has 6 nitrogen and oxygen atoms in total. The normalized spacial score (nSPS) is 22.5. The predicted molar refractivity (Wildman–Crippen MR) is 82.6 cm³/mol. The second kappa shape index (κ2) is 7.07. The number of hydrogen-bond acceptors (Lipinski definition) is 5. The number of ether oxygens (including phenoxy) is 1. The summed E-state index contributed by atoms with van der Waals surface area (Å²) in [5.41, 5.74) is -0.364. The summed E-state index contributed by atoms with van der Waals surface area (Å²) in [7, 11) is 4.01. The van der Waals surface area contributed by atoms with Crippen LogP contribution in [0.3, 0.4) is 0 Å². The van der Waals surface area contributed by atoms with E-state index in [1.165, 1.54) is 0 Å². The molecule has 1 aromatic rings. The van der Waals surface area contributed by atoms with E-state index >= 15 is 0 Å².